The van der Waals surface area contributed by atoms with Gasteiger partial charge in [-0.25, -0.2) is 9.18 Å². The third kappa shape index (κ3) is 6.95. The zero-order chi connectivity index (χ0) is 23.6. The summed E-state index contributed by atoms with van der Waals surface area (Å²) in [6.07, 6.45) is -1.03. The Hall–Kier alpha value is -3.58. The molecule has 0 heterocycles. The molecule has 0 aromatic heterocycles. The van der Waals surface area contributed by atoms with Crippen molar-refractivity contribution in [2.45, 2.75) is 26.2 Å². The summed E-state index contributed by atoms with van der Waals surface area (Å²) in [6.45, 7) is 3.07. The van der Waals surface area contributed by atoms with Crippen LogP contribution < -0.4 is 15.2 Å². The summed E-state index contributed by atoms with van der Waals surface area (Å²) in [5.74, 6) is 0.847. The summed E-state index contributed by atoms with van der Waals surface area (Å²) >= 11 is 0. The van der Waals surface area contributed by atoms with E-state index in [1.54, 1.807) is 26.2 Å². The van der Waals surface area contributed by atoms with Gasteiger partial charge in [0.2, 0.25) is 0 Å². The van der Waals surface area contributed by atoms with E-state index in [1.165, 1.54) is 17.0 Å². The first-order valence-corrected chi connectivity index (χ1v) is 10.7. The maximum Gasteiger partial charge on any atom is 0.410 e. The van der Waals surface area contributed by atoms with Crippen LogP contribution in [0.1, 0.15) is 29.7 Å². The first-order valence-electron chi connectivity index (χ1n) is 10.7. The van der Waals surface area contributed by atoms with Gasteiger partial charge in [0.25, 0.3) is 0 Å². The van der Waals surface area contributed by atoms with Crippen LogP contribution in [0.4, 0.5) is 9.18 Å². The fourth-order valence-electron chi connectivity index (χ4n) is 3.30. The van der Waals surface area contributed by atoms with E-state index in [2.05, 4.69) is 0 Å². The fourth-order valence-corrected chi connectivity index (χ4v) is 3.30. The average Bonchev–Trinajstić information content (AvgIpc) is 2.83. The lowest BCUT2D eigenvalue weighted by atomic mass is 10.1. The zero-order valence-corrected chi connectivity index (χ0v) is 18.9. The number of nitrogens with two attached hydrogens (primary N) is 1. The second-order valence-corrected chi connectivity index (χ2v) is 7.55. The number of hydrogen-bond acceptors (Lipinski definition) is 5. The van der Waals surface area contributed by atoms with Gasteiger partial charge in [0, 0.05) is 19.6 Å². The summed E-state index contributed by atoms with van der Waals surface area (Å²) in [5.41, 5.74) is 8.32. The minimum absolute atomic E-state index is 0.287. The van der Waals surface area contributed by atoms with Gasteiger partial charge in [0.05, 0.1) is 7.11 Å². The van der Waals surface area contributed by atoms with Crippen molar-refractivity contribution in [2.75, 3.05) is 20.2 Å². The van der Waals surface area contributed by atoms with Crippen molar-refractivity contribution in [3.8, 4) is 11.5 Å². The molecule has 1 unspecified atom stereocenters. The van der Waals surface area contributed by atoms with E-state index >= 15 is 0 Å². The van der Waals surface area contributed by atoms with Gasteiger partial charge in [-0.2, -0.15) is 0 Å². The number of methoxy groups -OCH3 is 1. The normalized spacial score (nSPS) is 11.5. The molecule has 0 saturated heterocycles. The number of carbonyl (C=O) groups excluding carboxylic acids is 1. The molecule has 3 rings (SSSR count). The van der Waals surface area contributed by atoms with E-state index in [4.69, 9.17) is 19.9 Å². The first-order chi connectivity index (χ1) is 16.0. The van der Waals surface area contributed by atoms with Gasteiger partial charge in [-0.05, 0) is 47.9 Å². The van der Waals surface area contributed by atoms with Crippen LogP contribution in [0.5, 0.6) is 11.5 Å². The molecule has 6 nitrogen and oxygen atoms in total. The molecule has 0 saturated carbocycles. The monoisotopic (exact) mass is 452 g/mol. The molecule has 3 aromatic rings. The summed E-state index contributed by atoms with van der Waals surface area (Å²) in [6, 6.07) is 21.3. The standard InChI is InChI=1S/C26H29FN2O4/c1-19(22-9-11-23(27)12-10-22)33-26(30)29(15-14-28)17-21-8-13-24(25(16-21)31-2)32-18-20-6-4-3-5-7-20/h3-13,16,19H,14-15,17-18,28H2,1-2H3. The Kier molecular flexibility index (Phi) is 8.66. The van der Waals surface area contributed by atoms with Gasteiger partial charge in [-0.3, -0.25) is 0 Å². The zero-order valence-electron chi connectivity index (χ0n) is 18.9. The molecule has 0 radical (unpaired) electrons. The lowest BCUT2D eigenvalue weighted by Gasteiger charge is -2.24. The van der Waals surface area contributed by atoms with Gasteiger partial charge in [0.15, 0.2) is 11.5 Å². The van der Waals surface area contributed by atoms with Crippen LogP contribution in [-0.4, -0.2) is 31.2 Å². The number of hydrogen-bond donors (Lipinski definition) is 1. The second-order valence-electron chi connectivity index (χ2n) is 7.55. The van der Waals surface area contributed by atoms with Gasteiger partial charge in [-0.15, -0.1) is 0 Å². The van der Waals surface area contributed by atoms with Gasteiger partial charge >= 0.3 is 6.09 Å². The number of halogens is 1. The molecule has 0 bridgehead atoms. The van der Waals surface area contributed by atoms with Crippen molar-refractivity contribution in [3.63, 3.8) is 0 Å². The molecule has 0 aliphatic rings. The van der Waals surface area contributed by atoms with Crippen LogP contribution >= 0.6 is 0 Å². The SMILES string of the molecule is COc1cc(CN(CCN)C(=O)OC(C)c2ccc(F)cc2)ccc1OCc1ccccc1. The van der Waals surface area contributed by atoms with E-state index in [1.807, 2.05) is 48.5 Å². The maximum absolute atomic E-state index is 13.2. The summed E-state index contributed by atoms with van der Waals surface area (Å²) in [7, 11) is 1.57. The summed E-state index contributed by atoms with van der Waals surface area (Å²) in [5, 5.41) is 0. The Bertz CT molecular complexity index is 1030. The van der Waals surface area contributed by atoms with Crippen LogP contribution in [0, 0.1) is 5.82 Å². The molecule has 0 fully saturated rings. The number of amides is 1. The number of ether oxygens (including phenoxy) is 3. The van der Waals surface area contributed by atoms with Gasteiger partial charge in [-0.1, -0.05) is 48.5 Å². The van der Waals surface area contributed by atoms with Gasteiger partial charge < -0.3 is 24.8 Å². The topological polar surface area (TPSA) is 74.0 Å². The predicted molar refractivity (Wildman–Crippen MR) is 125 cm³/mol. The minimum atomic E-state index is -0.526. The first kappa shape index (κ1) is 24.1. The molecule has 2 N–H and O–H groups in total. The third-order valence-electron chi connectivity index (χ3n) is 5.11. The van der Waals surface area contributed by atoms with E-state index < -0.39 is 12.2 Å². The minimum Gasteiger partial charge on any atom is -0.493 e. The van der Waals surface area contributed by atoms with E-state index in [-0.39, 0.29) is 12.4 Å². The molecule has 1 atom stereocenters. The smallest absolute Gasteiger partial charge is 0.410 e. The third-order valence-corrected chi connectivity index (χ3v) is 5.11. The van der Waals surface area contributed by atoms with E-state index in [0.717, 1.165) is 11.1 Å². The predicted octanol–water partition coefficient (Wildman–Crippen LogP) is 5.07. The highest BCUT2D eigenvalue weighted by molar-refractivity contribution is 5.68. The number of rotatable bonds is 10. The Labute approximate surface area is 193 Å². The molecule has 7 heteroatoms. The van der Waals surface area contributed by atoms with Crippen LogP contribution in [0.2, 0.25) is 0 Å². The van der Waals surface area contributed by atoms with Crippen molar-refractivity contribution >= 4 is 6.09 Å². The Balaban J connectivity index is 1.66. The van der Waals surface area contributed by atoms with Crippen LogP contribution in [0.25, 0.3) is 0 Å². The van der Waals surface area contributed by atoms with Crippen molar-refractivity contribution < 1.29 is 23.4 Å². The molecule has 3 aromatic carbocycles. The highest BCUT2D eigenvalue weighted by Crippen LogP contribution is 2.29. The lowest BCUT2D eigenvalue weighted by Crippen LogP contribution is -2.35. The maximum atomic E-state index is 13.2. The molecule has 0 spiro atoms. The Morgan fingerprint density at radius 3 is 2.39 bits per heavy atom. The number of benzene rings is 3. The van der Waals surface area contributed by atoms with Crippen molar-refractivity contribution in [1.82, 2.24) is 4.90 Å². The summed E-state index contributed by atoms with van der Waals surface area (Å²) in [4.78, 5) is 14.3. The van der Waals surface area contributed by atoms with Crippen molar-refractivity contribution in [1.29, 1.82) is 0 Å². The van der Waals surface area contributed by atoms with Crippen molar-refractivity contribution in [3.05, 3.63) is 95.3 Å². The highest BCUT2D eigenvalue weighted by Gasteiger charge is 2.19. The quantitative estimate of drug-likeness (QED) is 0.465. The molecular weight excluding hydrogens is 423 g/mol. The largest absolute Gasteiger partial charge is 0.493 e. The Morgan fingerprint density at radius 1 is 1.00 bits per heavy atom. The molecular formula is C26H29FN2O4. The molecule has 1 amide bonds. The van der Waals surface area contributed by atoms with Crippen LogP contribution in [-0.2, 0) is 17.9 Å². The molecule has 0 aliphatic heterocycles. The fraction of sp³-hybridized carbons (Fsp3) is 0.269. The number of carbonyl (C=O) groups is 1. The summed E-state index contributed by atoms with van der Waals surface area (Å²) < 4.78 is 30.1. The lowest BCUT2D eigenvalue weighted by molar-refractivity contribution is 0.0682. The molecule has 0 aliphatic carbocycles. The van der Waals surface area contributed by atoms with E-state index in [9.17, 15) is 9.18 Å². The molecule has 33 heavy (non-hydrogen) atoms. The van der Waals surface area contributed by atoms with Crippen LogP contribution in [0.3, 0.4) is 0 Å². The van der Waals surface area contributed by atoms with E-state index in [0.29, 0.717) is 36.8 Å². The second kappa shape index (κ2) is 11.9. The average molecular weight is 453 g/mol. The van der Waals surface area contributed by atoms with Gasteiger partial charge in [0.1, 0.15) is 18.5 Å². The highest BCUT2D eigenvalue weighted by atomic mass is 19.1. The van der Waals surface area contributed by atoms with Crippen molar-refractivity contribution in [2.24, 2.45) is 5.73 Å². The number of nitrogens with zero attached hydrogens (tertiary/aromatic N) is 1. The molecule has 174 valence electrons. The van der Waals surface area contributed by atoms with Crippen LogP contribution in [0.15, 0.2) is 72.8 Å². The Morgan fingerprint density at radius 2 is 1.73 bits per heavy atom.